The number of hydrogen-bond acceptors (Lipinski definition) is 5. The Hall–Kier alpha value is -3.76. The number of allylic oxidation sites excluding steroid dienone is 3. The third-order valence-corrected chi connectivity index (χ3v) is 12.9. The molecular formula is C48H61MgN4O5-3. The summed E-state index contributed by atoms with van der Waals surface area (Å²) >= 11 is 0. The van der Waals surface area contributed by atoms with Gasteiger partial charge < -0.3 is 36.7 Å². The molecule has 6 rings (SSSR count). The molecule has 308 valence electrons. The van der Waals surface area contributed by atoms with Crippen LogP contribution in [0, 0.1) is 51.4 Å². The van der Waals surface area contributed by atoms with E-state index in [-0.39, 0.29) is 59.7 Å². The van der Waals surface area contributed by atoms with Crippen LogP contribution in [0.15, 0.2) is 23.0 Å². The molecule has 8 bridgehead atoms. The SMILES string of the molecule is [CH2-]Cc1c2[n-]c(c1C)/C=C1\[N-]/C(=C3\c4[n-]c(c(C)c4C(=O)[C@@H]3C(=O)OC)Cc3[n-]c(c(C)c3CC)C2)[C@@H](CCC(=O)OC/C=C(\C)CCC[C@H](C)CCCC)[C@@H]1C.[Mg+2]. The van der Waals surface area contributed by atoms with E-state index in [1.165, 1.54) is 43.9 Å². The second kappa shape index (κ2) is 19.5. The summed E-state index contributed by atoms with van der Waals surface area (Å²) in [6, 6.07) is 0. The Morgan fingerprint density at radius 2 is 1.64 bits per heavy atom. The maximum Gasteiger partial charge on any atom is 2.00 e. The number of nitrogens with zero attached hydrogens (tertiary/aromatic N) is 4. The number of carbonyl (C=O) groups is 3. The molecular weight excluding hydrogens is 737 g/mol. The summed E-state index contributed by atoms with van der Waals surface area (Å²) in [6.45, 7) is 21.5. The number of unbranched alkanes of at least 4 members (excludes halogenated alkanes) is 1. The minimum absolute atomic E-state index is 0. The average molecular weight is 798 g/mol. The number of aromatic nitrogens is 3. The first kappa shape index (κ1) is 45.3. The fraction of sp³-hybridized carbons (Fsp3) is 0.542. The minimum atomic E-state index is -1.19. The van der Waals surface area contributed by atoms with Crippen LogP contribution in [0.1, 0.15) is 158 Å². The van der Waals surface area contributed by atoms with E-state index in [9.17, 15) is 14.4 Å². The van der Waals surface area contributed by atoms with E-state index >= 15 is 0 Å². The van der Waals surface area contributed by atoms with Crippen LogP contribution in [0.4, 0.5) is 0 Å². The Bertz CT molecular complexity index is 2110. The number of rotatable bonds is 15. The third kappa shape index (κ3) is 9.03. The zero-order valence-electron chi connectivity index (χ0n) is 36.4. The molecule has 0 saturated carbocycles. The van der Waals surface area contributed by atoms with Crippen molar-refractivity contribution in [2.45, 2.75) is 132 Å². The number of ether oxygens (including phenoxy) is 2. The fourth-order valence-corrected chi connectivity index (χ4v) is 9.25. The number of esters is 2. The Morgan fingerprint density at radius 1 is 0.948 bits per heavy atom. The van der Waals surface area contributed by atoms with Crippen molar-refractivity contribution in [3.05, 3.63) is 103 Å². The van der Waals surface area contributed by atoms with Crippen LogP contribution in [0.5, 0.6) is 0 Å². The quantitative estimate of drug-likeness (QED) is 0.0490. The summed E-state index contributed by atoms with van der Waals surface area (Å²) in [7, 11) is 1.30. The van der Waals surface area contributed by atoms with Crippen LogP contribution in [-0.2, 0) is 44.7 Å². The number of ketones is 1. The molecule has 0 amide bonds. The van der Waals surface area contributed by atoms with Crippen LogP contribution in [0.3, 0.4) is 0 Å². The first-order valence-corrected chi connectivity index (χ1v) is 21.2. The molecule has 1 saturated heterocycles. The predicted octanol–water partition coefficient (Wildman–Crippen LogP) is 9.18. The van der Waals surface area contributed by atoms with Crippen molar-refractivity contribution >= 4 is 52.4 Å². The molecule has 5 heterocycles. The Kier molecular flexibility index (Phi) is 15.3. The number of hydrogen-bond donors (Lipinski definition) is 0. The smallest absolute Gasteiger partial charge is 0.664 e. The van der Waals surface area contributed by atoms with E-state index < -0.39 is 11.9 Å². The fourth-order valence-electron chi connectivity index (χ4n) is 9.25. The van der Waals surface area contributed by atoms with Gasteiger partial charge in [0.15, 0.2) is 5.78 Å². The second-order valence-corrected chi connectivity index (χ2v) is 16.6. The van der Waals surface area contributed by atoms with Gasteiger partial charge in [0.05, 0.1) is 7.11 Å². The van der Waals surface area contributed by atoms with Crippen molar-refractivity contribution in [1.29, 1.82) is 0 Å². The van der Waals surface area contributed by atoms with Crippen molar-refractivity contribution < 1.29 is 23.9 Å². The zero-order valence-corrected chi connectivity index (χ0v) is 37.8. The third-order valence-electron chi connectivity index (χ3n) is 12.9. The summed E-state index contributed by atoms with van der Waals surface area (Å²) in [5.74, 6) is -2.16. The Labute approximate surface area is 362 Å². The first-order chi connectivity index (χ1) is 27.3. The number of methoxy groups -OCH3 is 1. The van der Waals surface area contributed by atoms with E-state index in [2.05, 4.69) is 55.4 Å². The van der Waals surface area contributed by atoms with Gasteiger partial charge in [-0.3, -0.25) is 14.4 Å². The van der Waals surface area contributed by atoms with Gasteiger partial charge in [-0.1, -0.05) is 98.4 Å². The Balaban J connectivity index is 0.00000641. The van der Waals surface area contributed by atoms with E-state index in [1.807, 2.05) is 19.1 Å². The van der Waals surface area contributed by atoms with Gasteiger partial charge in [-0.25, -0.2) is 0 Å². The summed E-state index contributed by atoms with van der Waals surface area (Å²) in [5.41, 5.74) is 13.8. The van der Waals surface area contributed by atoms with Crippen molar-refractivity contribution in [2.75, 3.05) is 13.7 Å². The average Bonchev–Trinajstić information content (AvgIpc) is 3.93. The molecule has 0 unspecified atom stereocenters. The number of carbonyl (C=O) groups excluding carboxylic acids is 3. The molecule has 58 heavy (non-hydrogen) atoms. The summed E-state index contributed by atoms with van der Waals surface area (Å²) in [5, 5.41) is 5.25. The number of fused-ring (bicyclic) bond motifs is 7. The van der Waals surface area contributed by atoms with Crippen molar-refractivity contribution in [1.82, 2.24) is 15.0 Å². The van der Waals surface area contributed by atoms with Gasteiger partial charge in [0, 0.05) is 12.0 Å². The zero-order chi connectivity index (χ0) is 41.1. The standard InChI is InChI=1S/C48H62N4O5.Mg/c1-11-14-16-26(4)17-15-18-27(5)21-22-57-41(53)20-19-34-30(8)37-23-35-28(6)32(12-2)39(49-35)24-36-29(7)33(13-3)40(50-36)25-38-31(9)42-46(52-38)43(45(34)51-37)44(47(42)54)48(55)56-10;/h21,23,26,30,34,44H,2,11-20,22,24-25H2,1,3-10H3,(H-,51,52,54);/q-4;+2/p-1/b27-21+,37-23-;/t26-,30+,34+,44-;/m1./s1. The monoisotopic (exact) mass is 797 g/mol. The molecule has 1 fully saturated rings. The minimum Gasteiger partial charge on any atom is -0.664 e. The first-order valence-electron chi connectivity index (χ1n) is 21.2. The van der Waals surface area contributed by atoms with Crippen molar-refractivity contribution in [2.24, 2.45) is 23.7 Å². The van der Waals surface area contributed by atoms with Crippen LogP contribution in [0.25, 0.3) is 17.0 Å². The molecule has 0 spiro atoms. The van der Waals surface area contributed by atoms with Crippen LogP contribution in [-0.4, -0.2) is 54.5 Å². The van der Waals surface area contributed by atoms with Crippen LogP contribution < -0.4 is 15.0 Å². The van der Waals surface area contributed by atoms with E-state index in [0.29, 0.717) is 48.2 Å². The summed E-state index contributed by atoms with van der Waals surface area (Å²) < 4.78 is 11.0. The Morgan fingerprint density at radius 3 is 2.31 bits per heavy atom. The maximum absolute atomic E-state index is 14.3. The maximum atomic E-state index is 14.3. The molecule has 3 aromatic rings. The van der Waals surface area contributed by atoms with Gasteiger partial charge in [0.25, 0.3) is 0 Å². The molecule has 2 aliphatic heterocycles. The second-order valence-electron chi connectivity index (χ2n) is 16.6. The van der Waals surface area contributed by atoms with Crippen LogP contribution >= 0.6 is 0 Å². The van der Waals surface area contributed by atoms with Crippen molar-refractivity contribution in [3.63, 3.8) is 0 Å². The molecule has 0 N–H and O–H groups in total. The van der Waals surface area contributed by atoms with Gasteiger partial charge in [-0.05, 0) is 90.0 Å². The normalized spacial score (nSPS) is 21.3. The molecule has 0 aromatic carbocycles. The van der Waals surface area contributed by atoms with Crippen molar-refractivity contribution in [3.8, 4) is 0 Å². The molecule has 0 radical (unpaired) electrons. The van der Waals surface area contributed by atoms with Crippen LogP contribution in [0.2, 0.25) is 0 Å². The van der Waals surface area contributed by atoms with Gasteiger partial charge in [0.2, 0.25) is 0 Å². The topological polar surface area (TPSA) is 126 Å². The van der Waals surface area contributed by atoms with Gasteiger partial charge in [-0.2, -0.15) is 40.6 Å². The summed E-state index contributed by atoms with van der Waals surface area (Å²) in [6.07, 6.45) is 14.2. The van der Waals surface area contributed by atoms with E-state index in [4.69, 9.17) is 29.7 Å². The molecule has 3 aromatic heterocycles. The molecule has 9 nitrogen and oxygen atoms in total. The van der Waals surface area contributed by atoms with E-state index in [0.717, 1.165) is 81.6 Å². The molecule has 10 heteroatoms. The predicted molar refractivity (Wildman–Crippen MR) is 231 cm³/mol. The summed E-state index contributed by atoms with van der Waals surface area (Å²) in [4.78, 5) is 56.6. The molecule has 1 aliphatic carbocycles. The largest absolute Gasteiger partial charge is 2.00 e. The van der Waals surface area contributed by atoms with Gasteiger partial charge >= 0.3 is 35.0 Å². The van der Waals surface area contributed by atoms with Gasteiger partial charge in [-0.15, -0.1) is 11.4 Å². The number of Topliss-reactive ketones (excluding diaryl/α,β-unsaturated/α-hetero) is 1. The molecule has 3 aliphatic rings. The molecule has 4 atom stereocenters. The van der Waals surface area contributed by atoms with Gasteiger partial charge in [0.1, 0.15) is 12.5 Å². The van der Waals surface area contributed by atoms with E-state index in [1.54, 1.807) is 0 Å².